The molecular formula is C23H22N2O4S. The third-order valence-corrected chi connectivity index (χ3v) is 5.56. The van der Waals surface area contributed by atoms with Gasteiger partial charge >= 0.3 is 5.97 Å². The van der Waals surface area contributed by atoms with Crippen LogP contribution in [0.15, 0.2) is 60.0 Å². The molecule has 1 atom stereocenters. The Kier molecular flexibility index (Phi) is 6.64. The molecule has 1 aromatic heterocycles. The molecule has 0 spiro atoms. The maximum absolute atomic E-state index is 12.5. The largest absolute Gasteiger partial charge is 0.469 e. The highest BCUT2D eigenvalue weighted by Gasteiger charge is 2.19. The van der Waals surface area contributed by atoms with Gasteiger partial charge in [-0.25, -0.2) is 0 Å². The summed E-state index contributed by atoms with van der Waals surface area (Å²) in [5, 5.41) is 4.59. The molecule has 154 valence electrons. The van der Waals surface area contributed by atoms with Gasteiger partial charge in [-0.3, -0.25) is 14.4 Å². The van der Waals surface area contributed by atoms with Gasteiger partial charge in [0.2, 0.25) is 0 Å². The normalized spacial score (nSPS) is 11.5. The number of hydrogen-bond acceptors (Lipinski definition) is 5. The fourth-order valence-corrected chi connectivity index (χ4v) is 3.88. The lowest BCUT2D eigenvalue weighted by Crippen LogP contribution is -2.19. The fraction of sp³-hybridized carbons (Fsp3) is 0.174. The number of rotatable bonds is 7. The molecule has 3 rings (SSSR count). The third-order valence-electron chi connectivity index (χ3n) is 4.69. The average molecular weight is 423 g/mol. The van der Waals surface area contributed by atoms with Gasteiger partial charge in [-0.1, -0.05) is 49.4 Å². The first-order valence-corrected chi connectivity index (χ1v) is 10.2. The summed E-state index contributed by atoms with van der Waals surface area (Å²) in [4.78, 5) is 37.0. The Morgan fingerprint density at radius 3 is 2.53 bits per heavy atom. The predicted molar refractivity (Wildman–Crippen MR) is 118 cm³/mol. The second-order valence-corrected chi connectivity index (χ2v) is 7.80. The Balaban J connectivity index is 1.96. The molecule has 0 saturated heterocycles. The number of thiophene rings is 1. The quantitative estimate of drug-likeness (QED) is 0.560. The lowest BCUT2D eigenvalue weighted by molar-refractivity contribution is -0.144. The molecule has 2 aromatic carbocycles. The van der Waals surface area contributed by atoms with E-state index in [9.17, 15) is 14.4 Å². The van der Waals surface area contributed by atoms with Gasteiger partial charge in [0.05, 0.1) is 29.2 Å². The van der Waals surface area contributed by atoms with Crippen LogP contribution in [-0.4, -0.2) is 24.9 Å². The van der Waals surface area contributed by atoms with E-state index in [0.29, 0.717) is 22.5 Å². The summed E-state index contributed by atoms with van der Waals surface area (Å²) in [7, 11) is 1.37. The van der Waals surface area contributed by atoms with Crippen molar-refractivity contribution in [2.45, 2.75) is 13.3 Å². The Bertz CT molecular complexity index is 1080. The van der Waals surface area contributed by atoms with Gasteiger partial charge in [0, 0.05) is 0 Å². The Morgan fingerprint density at radius 2 is 1.87 bits per heavy atom. The topological polar surface area (TPSA) is 98.5 Å². The zero-order valence-electron chi connectivity index (χ0n) is 16.7. The number of anilines is 1. The number of primary amides is 1. The van der Waals surface area contributed by atoms with Crippen LogP contribution in [0.2, 0.25) is 0 Å². The number of methoxy groups -OCH3 is 1. The molecule has 1 heterocycles. The van der Waals surface area contributed by atoms with Gasteiger partial charge in [0.1, 0.15) is 0 Å². The first kappa shape index (κ1) is 21.3. The molecular weight excluding hydrogens is 400 g/mol. The minimum Gasteiger partial charge on any atom is -0.469 e. The van der Waals surface area contributed by atoms with E-state index >= 15 is 0 Å². The zero-order valence-corrected chi connectivity index (χ0v) is 17.5. The van der Waals surface area contributed by atoms with E-state index in [2.05, 4.69) is 5.32 Å². The van der Waals surface area contributed by atoms with Gasteiger partial charge in [0.15, 0.2) is 0 Å². The van der Waals surface area contributed by atoms with Crippen molar-refractivity contribution in [3.63, 3.8) is 0 Å². The van der Waals surface area contributed by atoms with E-state index < -0.39 is 5.91 Å². The highest BCUT2D eigenvalue weighted by Crippen LogP contribution is 2.30. The van der Waals surface area contributed by atoms with Crippen LogP contribution in [0.3, 0.4) is 0 Å². The molecule has 0 aliphatic carbocycles. The van der Waals surface area contributed by atoms with Crippen LogP contribution in [-0.2, 0) is 16.0 Å². The van der Waals surface area contributed by atoms with Gasteiger partial charge < -0.3 is 15.8 Å². The van der Waals surface area contributed by atoms with Crippen molar-refractivity contribution < 1.29 is 19.1 Å². The molecule has 7 heteroatoms. The van der Waals surface area contributed by atoms with Crippen molar-refractivity contribution in [1.82, 2.24) is 0 Å². The predicted octanol–water partition coefficient (Wildman–Crippen LogP) is 4.12. The monoisotopic (exact) mass is 422 g/mol. The summed E-state index contributed by atoms with van der Waals surface area (Å²) in [6.45, 7) is 1.80. The van der Waals surface area contributed by atoms with Crippen molar-refractivity contribution in [1.29, 1.82) is 0 Å². The number of hydrogen-bond donors (Lipinski definition) is 2. The highest BCUT2D eigenvalue weighted by atomic mass is 32.1. The van der Waals surface area contributed by atoms with Crippen LogP contribution >= 0.6 is 11.3 Å². The first-order valence-electron chi connectivity index (χ1n) is 9.35. The second kappa shape index (κ2) is 9.37. The molecule has 0 aliphatic heterocycles. The van der Waals surface area contributed by atoms with Crippen LogP contribution in [0.5, 0.6) is 0 Å². The maximum atomic E-state index is 12.5. The molecule has 0 radical (unpaired) electrons. The molecule has 6 nitrogen and oxygen atoms in total. The van der Waals surface area contributed by atoms with Crippen molar-refractivity contribution in [2.75, 3.05) is 12.4 Å². The Labute approximate surface area is 178 Å². The smallest absolute Gasteiger partial charge is 0.308 e. The molecule has 0 aliphatic rings. The zero-order chi connectivity index (χ0) is 21.7. The van der Waals surface area contributed by atoms with Crippen molar-refractivity contribution in [3.8, 4) is 11.1 Å². The van der Waals surface area contributed by atoms with Gasteiger partial charge in [-0.05, 0) is 40.6 Å². The average Bonchev–Trinajstić information content (AvgIpc) is 3.28. The summed E-state index contributed by atoms with van der Waals surface area (Å²) in [6.07, 6.45) is 0.501. The number of carbonyl (C=O) groups is 3. The van der Waals surface area contributed by atoms with E-state index in [1.165, 1.54) is 18.4 Å². The Morgan fingerprint density at radius 1 is 1.10 bits per heavy atom. The van der Waals surface area contributed by atoms with E-state index in [0.717, 1.165) is 11.1 Å². The van der Waals surface area contributed by atoms with E-state index in [4.69, 9.17) is 10.5 Å². The minimum absolute atomic E-state index is 0.237. The number of ether oxygens (including phenoxy) is 1. The summed E-state index contributed by atoms with van der Waals surface area (Å²) in [5.41, 5.74) is 8.57. The van der Waals surface area contributed by atoms with Crippen LogP contribution in [0.4, 0.5) is 5.69 Å². The van der Waals surface area contributed by atoms with Crippen molar-refractivity contribution in [3.05, 3.63) is 76.0 Å². The maximum Gasteiger partial charge on any atom is 0.308 e. The van der Waals surface area contributed by atoms with Crippen LogP contribution in [0.25, 0.3) is 11.1 Å². The number of nitrogens with one attached hydrogen (secondary N) is 1. The summed E-state index contributed by atoms with van der Waals surface area (Å²) < 4.78 is 4.79. The summed E-state index contributed by atoms with van der Waals surface area (Å²) >= 11 is 1.31. The molecule has 0 fully saturated rings. The van der Waals surface area contributed by atoms with Gasteiger partial charge in [-0.2, -0.15) is 0 Å². The minimum atomic E-state index is -0.639. The first-order chi connectivity index (χ1) is 14.4. The summed E-state index contributed by atoms with van der Waals surface area (Å²) in [5.74, 6) is -1.51. The second-order valence-electron chi connectivity index (χ2n) is 6.85. The fourth-order valence-electron chi connectivity index (χ4n) is 3.26. The number of benzene rings is 2. The van der Waals surface area contributed by atoms with E-state index in [1.807, 2.05) is 24.3 Å². The molecule has 2 amide bonds. The van der Waals surface area contributed by atoms with Crippen LogP contribution in [0, 0.1) is 5.92 Å². The van der Waals surface area contributed by atoms with E-state index in [-0.39, 0.29) is 23.4 Å². The molecule has 30 heavy (non-hydrogen) atoms. The summed E-state index contributed by atoms with van der Waals surface area (Å²) in [6, 6.07) is 16.2. The lowest BCUT2D eigenvalue weighted by Gasteiger charge is -2.15. The van der Waals surface area contributed by atoms with Crippen LogP contribution in [0.1, 0.15) is 32.5 Å². The highest BCUT2D eigenvalue weighted by molar-refractivity contribution is 7.12. The number of nitrogens with two attached hydrogens (primary N) is 1. The molecule has 3 aromatic rings. The molecule has 3 N–H and O–H groups in total. The Hall–Kier alpha value is -3.45. The van der Waals surface area contributed by atoms with Crippen molar-refractivity contribution >= 4 is 34.8 Å². The number of carbonyl (C=O) groups excluding carboxylic acids is 3. The molecule has 0 saturated carbocycles. The van der Waals surface area contributed by atoms with E-state index in [1.54, 1.807) is 42.6 Å². The molecule has 0 bridgehead atoms. The molecule has 1 unspecified atom stereocenters. The number of esters is 1. The lowest BCUT2D eigenvalue weighted by atomic mass is 9.93. The SMILES string of the molecule is COC(=O)C(C)Cc1cccc(-c2cccc(NC(=O)c3cccs3)c2C(N)=O)c1. The van der Waals surface area contributed by atoms with Crippen molar-refractivity contribution in [2.24, 2.45) is 11.7 Å². The van der Waals surface area contributed by atoms with Gasteiger partial charge in [0.25, 0.3) is 11.8 Å². The third kappa shape index (κ3) is 4.75. The standard InChI is InChI=1S/C23H22N2O4S/c1-14(23(28)29-2)12-15-6-3-7-16(13-15)17-8-4-9-18(20(17)21(24)26)25-22(27)19-10-5-11-30-19/h3-11,13-14H,12H2,1-2H3,(H2,24,26)(H,25,27). The number of amides is 2. The van der Waals surface area contributed by atoms with Gasteiger partial charge in [-0.15, -0.1) is 11.3 Å². The van der Waals surface area contributed by atoms with Crippen LogP contribution < -0.4 is 11.1 Å².